The van der Waals surface area contributed by atoms with Crippen molar-refractivity contribution in [1.82, 2.24) is 4.98 Å². The highest BCUT2D eigenvalue weighted by Crippen LogP contribution is 2.25. The van der Waals surface area contributed by atoms with Gasteiger partial charge in [-0.25, -0.2) is 0 Å². The molecule has 1 N–H and O–H groups in total. The largest absolute Gasteiger partial charge is 0.573 e. The number of halogens is 3. The third-order valence-corrected chi connectivity index (χ3v) is 2.12. The van der Waals surface area contributed by atoms with Crippen LogP contribution in [0.25, 0.3) is 0 Å². The molecular formula is C11H12F3NO5. The monoisotopic (exact) mass is 295 g/mol. The van der Waals surface area contributed by atoms with Crippen molar-refractivity contribution >= 4 is 5.97 Å². The first kappa shape index (κ1) is 15.9. The minimum Gasteiger partial charge on any atom is -0.482 e. The molecule has 0 saturated heterocycles. The minimum atomic E-state index is -5.05. The molecule has 1 rings (SSSR count). The Labute approximate surface area is 111 Å². The van der Waals surface area contributed by atoms with Crippen LogP contribution in [-0.4, -0.2) is 31.0 Å². The van der Waals surface area contributed by atoms with Crippen LogP contribution >= 0.6 is 0 Å². The highest BCUT2D eigenvalue weighted by Gasteiger charge is 2.34. The molecule has 0 spiro atoms. The molecule has 9 heteroatoms. The molecule has 0 unspecified atom stereocenters. The number of methoxy groups -OCH3 is 1. The first-order chi connectivity index (χ1) is 9.26. The molecular weight excluding hydrogens is 283 g/mol. The Morgan fingerprint density at radius 2 is 2.05 bits per heavy atom. The predicted octanol–water partition coefficient (Wildman–Crippen LogP) is 1.39. The summed E-state index contributed by atoms with van der Waals surface area (Å²) >= 11 is 0. The van der Waals surface area contributed by atoms with Crippen LogP contribution in [0.1, 0.15) is 12.5 Å². The van der Waals surface area contributed by atoms with Gasteiger partial charge < -0.3 is 14.2 Å². The van der Waals surface area contributed by atoms with Gasteiger partial charge in [0.2, 0.25) is 0 Å². The van der Waals surface area contributed by atoms with Crippen molar-refractivity contribution in [3.8, 4) is 11.6 Å². The standard InChI is InChI=1S/C11H12F3NO5/c1-3-19-8(16)5-6-4-7(18-2)15-10(17)9(6)20-11(12,13)14/h4H,3,5H2,1-2H3,(H,15,17). The summed E-state index contributed by atoms with van der Waals surface area (Å²) in [7, 11) is 1.21. The van der Waals surface area contributed by atoms with Crippen molar-refractivity contribution in [2.24, 2.45) is 0 Å². The molecule has 0 aliphatic rings. The highest BCUT2D eigenvalue weighted by atomic mass is 19.4. The summed E-state index contributed by atoms with van der Waals surface area (Å²) in [6.07, 6.45) is -5.59. The van der Waals surface area contributed by atoms with Crippen LogP contribution in [0.5, 0.6) is 11.6 Å². The first-order valence-electron chi connectivity index (χ1n) is 5.48. The molecule has 1 aromatic rings. The van der Waals surface area contributed by atoms with Gasteiger partial charge >= 0.3 is 12.3 Å². The first-order valence-corrected chi connectivity index (χ1v) is 5.48. The predicted molar refractivity (Wildman–Crippen MR) is 60.6 cm³/mol. The van der Waals surface area contributed by atoms with Crippen molar-refractivity contribution in [1.29, 1.82) is 0 Å². The lowest BCUT2D eigenvalue weighted by atomic mass is 10.2. The van der Waals surface area contributed by atoms with Gasteiger partial charge in [0.1, 0.15) is 0 Å². The molecule has 0 aromatic carbocycles. The van der Waals surface area contributed by atoms with E-state index in [0.717, 1.165) is 6.07 Å². The van der Waals surface area contributed by atoms with Gasteiger partial charge in [0.05, 0.1) is 20.1 Å². The van der Waals surface area contributed by atoms with E-state index in [-0.39, 0.29) is 18.1 Å². The van der Waals surface area contributed by atoms with E-state index in [1.807, 2.05) is 4.98 Å². The van der Waals surface area contributed by atoms with E-state index in [9.17, 15) is 22.8 Å². The average molecular weight is 295 g/mol. The number of hydrogen-bond acceptors (Lipinski definition) is 5. The quantitative estimate of drug-likeness (QED) is 0.831. The number of hydrogen-bond donors (Lipinski definition) is 1. The molecule has 0 radical (unpaired) electrons. The van der Waals surface area contributed by atoms with Crippen LogP contribution in [-0.2, 0) is 16.0 Å². The lowest BCUT2D eigenvalue weighted by Crippen LogP contribution is -2.25. The van der Waals surface area contributed by atoms with Gasteiger partial charge in [0.25, 0.3) is 5.56 Å². The van der Waals surface area contributed by atoms with Crippen molar-refractivity contribution in [3.05, 3.63) is 22.0 Å². The number of aromatic nitrogens is 1. The maximum Gasteiger partial charge on any atom is 0.573 e. The number of pyridine rings is 1. The van der Waals surface area contributed by atoms with Crippen molar-refractivity contribution < 1.29 is 32.2 Å². The van der Waals surface area contributed by atoms with Gasteiger partial charge in [0, 0.05) is 11.6 Å². The molecule has 0 fully saturated rings. The minimum absolute atomic E-state index is 0.0641. The number of aromatic amines is 1. The molecule has 0 amide bonds. The number of rotatable bonds is 5. The van der Waals surface area contributed by atoms with E-state index >= 15 is 0 Å². The van der Waals surface area contributed by atoms with Crippen LogP contribution in [0.3, 0.4) is 0 Å². The Morgan fingerprint density at radius 1 is 1.40 bits per heavy atom. The van der Waals surface area contributed by atoms with Crippen LogP contribution in [0.2, 0.25) is 0 Å². The lowest BCUT2D eigenvalue weighted by molar-refractivity contribution is -0.275. The fourth-order valence-electron chi connectivity index (χ4n) is 1.41. The summed E-state index contributed by atoms with van der Waals surface area (Å²) in [5.74, 6) is -1.89. The van der Waals surface area contributed by atoms with Crippen molar-refractivity contribution in [2.75, 3.05) is 13.7 Å². The van der Waals surface area contributed by atoms with Crippen molar-refractivity contribution in [2.45, 2.75) is 19.7 Å². The molecule has 0 bridgehead atoms. The Hall–Kier alpha value is -2.19. The number of carbonyl (C=O) groups excluding carboxylic acids is 1. The second kappa shape index (κ2) is 6.31. The zero-order valence-electron chi connectivity index (χ0n) is 10.7. The maximum atomic E-state index is 12.2. The third-order valence-electron chi connectivity index (χ3n) is 2.12. The van der Waals surface area contributed by atoms with Crippen LogP contribution in [0, 0.1) is 0 Å². The molecule has 1 heterocycles. The summed E-state index contributed by atoms with van der Waals surface area (Å²) in [5, 5.41) is 0. The van der Waals surface area contributed by atoms with E-state index in [0.29, 0.717) is 0 Å². The smallest absolute Gasteiger partial charge is 0.482 e. The van der Waals surface area contributed by atoms with Gasteiger partial charge in [-0.15, -0.1) is 13.2 Å². The van der Waals surface area contributed by atoms with Gasteiger partial charge in [-0.05, 0) is 6.92 Å². The normalized spacial score (nSPS) is 11.1. The number of alkyl halides is 3. The van der Waals surface area contributed by atoms with Gasteiger partial charge in [0.15, 0.2) is 11.6 Å². The Kier molecular flexibility index (Phi) is 5.00. The number of nitrogens with one attached hydrogen (secondary N) is 1. The van der Waals surface area contributed by atoms with Crippen LogP contribution in [0.4, 0.5) is 13.2 Å². The number of ether oxygens (including phenoxy) is 3. The van der Waals surface area contributed by atoms with E-state index in [4.69, 9.17) is 4.74 Å². The van der Waals surface area contributed by atoms with E-state index < -0.39 is 30.1 Å². The fraction of sp³-hybridized carbons (Fsp3) is 0.455. The molecule has 0 saturated carbocycles. The number of carbonyl (C=O) groups is 1. The summed E-state index contributed by atoms with van der Waals surface area (Å²) in [6.45, 7) is 1.61. The fourth-order valence-corrected chi connectivity index (χ4v) is 1.41. The molecule has 20 heavy (non-hydrogen) atoms. The summed E-state index contributed by atoms with van der Waals surface area (Å²) in [6, 6.07) is 1.07. The van der Waals surface area contributed by atoms with E-state index in [2.05, 4.69) is 9.47 Å². The second-order valence-corrected chi connectivity index (χ2v) is 3.55. The molecule has 0 atom stereocenters. The zero-order chi connectivity index (χ0) is 15.3. The summed E-state index contributed by atoms with van der Waals surface area (Å²) in [4.78, 5) is 24.9. The zero-order valence-corrected chi connectivity index (χ0v) is 10.7. The summed E-state index contributed by atoms with van der Waals surface area (Å²) in [5.41, 5.74) is -1.43. The molecule has 0 aliphatic heterocycles. The maximum absolute atomic E-state index is 12.2. The topological polar surface area (TPSA) is 77.6 Å². The molecule has 0 aliphatic carbocycles. The van der Waals surface area contributed by atoms with Crippen LogP contribution in [0.15, 0.2) is 10.9 Å². The van der Waals surface area contributed by atoms with Crippen molar-refractivity contribution in [3.63, 3.8) is 0 Å². The van der Waals surface area contributed by atoms with Gasteiger partial charge in [-0.3, -0.25) is 14.6 Å². The lowest BCUT2D eigenvalue weighted by Gasteiger charge is -2.13. The molecule has 6 nitrogen and oxygen atoms in total. The van der Waals surface area contributed by atoms with Crippen LogP contribution < -0.4 is 15.0 Å². The number of esters is 1. The molecule has 112 valence electrons. The van der Waals surface area contributed by atoms with Gasteiger partial charge in [-0.1, -0.05) is 0 Å². The average Bonchev–Trinajstić information content (AvgIpc) is 2.32. The third kappa shape index (κ3) is 4.48. The van der Waals surface area contributed by atoms with E-state index in [1.54, 1.807) is 6.92 Å². The Morgan fingerprint density at radius 3 is 2.55 bits per heavy atom. The summed E-state index contributed by atoms with van der Waals surface area (Å²) < 4.78 is 49.7. The van der Waals surface area contributed by atoms with E-state index in [1.165, 1.54) is 7.11 Å². The Bertz CT molecular complexity index is 538. The highest BCUT2D eigenvalue weighted by molar-refractivity contribution is 5.73. The number of H-pyrrole nitrogens is 1. The Balaban J connectivity index is 3.19. The van der Waals surface area contributed by atoms with Gasteiger partial charge in [-0.2, -0.15) is 0 Å². The second-order valence-electron chi connectivity index (χ2n) is 3.55. The molecule has 1 aromatic heterocycles. The SMILES string of the molecule is CCOC(=O)Cc1cc(OC)[nH]c(=O)c1OC(F)(F)F.